The lowest BCUT2D eigenvalue weighted by Gasteiger charge is -2.07. The highest BCUT2D eigenvalue weighted by molar-refractivity contribution is 5.85. The van der Waals surface area contributed by atoms with Crippen molar-refractivity contribution in [2.45, 2.75) is 6.92 Å². The first-order valence-corrected chi connectivity index (χ1v) is 6.74. The van der Waals surface area contributed by atoms with E-state index in [1.165, 1.54) is 17.8 Å². The predicted molar refractivity (Wildman–Crippen MR) is 82.8 cm³/mol. The third kappa shape index (κ3) is 3.60. The fraction of sp³-hybridized carbons (Fsp3) is 0.188. The average Bonchev–Trinajstić information content (AvgIpc) is 2.49. The highest BCUT2D eigenvalue weighted by Gasteiger charge is 2.07. The largest absolute Gasteiger partial charge is 0.494 e. The van der Waals surface area contributed by atoms with Gasteiger partial charge in [-0.05, 0) is 43.3 Å². The molecule has 1 heterocycles. The Balaban J connectivity index is 2.43. The molecule has 0 aliphatic carbocycles. The molecule has 0 bridgehead atoms. The van der Waals surface area contributed by atoms with Gasteiger partial charge in [-0.2, -0.15) is 5.10 Å². The zero-order chi connectivity index (χ0) is 16.1. The molecule has 1 aromatic heterocycles. The molecule has 0 radical (unpaired) electrons. The molecular weight excluding hydrogens is 284 g/mol. The summed E-state index contributed by atoms with van der Waals surface area (Å²) in [5.74, 6) is -0.358. The summed E-state index contributed by atoms with van der Waals surface area (Å²) < 4.78 is 6.56. The predicted octanol–water partition coefficient (Wildman–Crippen LogP) is 1.94. The number of benzene rings is 1. The molecular formula is C16H16N2O4. The van der Waals surface area contributed by atoms with Crippen molar-refractivity contribution in [3.8, 4) is 17.0 Å². The first-order valence-electron chi connectivity index (χ1n) is 6.74. The lowest BCUT2D eigenvalue weighted by atomic mass is 10.1. The van der Waals surface area contributed by atoms with Crippen molar-refractivity contribution in [2.24, 2.45) is 7.05 Å². The minimum absolute atomic E-state index is 0.267. The summed E-state index contributed by atoms with van der Waals surface area (Å²) in [5.41, 5.74) is 1.30. The van der Waals surface area contributed by atoms with Crippen LogP contribution < -0.4 is 10.3 Å². The maximum absolute atomic E-state index is 11.9. The molecule has 0 atom stereocenters. The monoisotopic (exact) mass is 300 g/mol. The van der Waals surface area contributed by atoms with Gasteiger partial charge in [-0.3, -0.25) is 4.79 Å². The van der Waals surface area contributed by atoms with Crippen LogP contribution in [0.15, 0.2) is 41.2 Å². The summed E-state index contributed by atoms with van der Waals surface area (Å²) in [5, 5.41) is 12.9. The van der Waals surface area contributed by atoms with E-state index in [9.17, 15) is 9.59 Å². The standard InChI is InChI=1S/C16H16N2O4/c1-3-22-13-7-4-11(5-8-13)14-10-12(6-9-15(19)20)16(21)18(2)17-14/h4-10H,3H2,1-2H3,(H,19,20)/b9-6+. The lowest BCUT2D eigenvalue weighted by Crippen LogP contribution is -2.22. The number of hydrogen-bond donors (Lipinski definition) is 1. The van der Waals surface area contributed by atoms with Crippen LogP contribution in [-0.2, 0) is 11.8 Å². The Morgan fingerprint density at radius 1 is 1.36 bits per heavy atom. The van der Waals surface area contributed by atoms with Crippen LogP contribution in [0.1, 0.15) is 12.5 Å². The Morgan fingerprint density at radius 2 is 2.05 bits per heavy atom. The first-order chi connectivity index (χ1) is 10.5. The molecule has 1 N–H and O–H groups in total. The summed E-state index contributed by atoms with van der Waals surface area (Å²) >= 11 is 0. The van der Waals surface area contributed by atoms with Crippen molar-refractivity contribution in [2.75, 3.05) is 6.61 Å². The van der Waals surface area contributed by atoms with Gasteiger partial charge >= 0.3 is 5.97 Å². The molecule has 2 aromatic rings. The lowest BCUT2D eigenvalue weighted by molar-refractivity contribution is -0.131. The number of carboxylic acid groups (broad SMARTS) is 1. The second-order valence-corrected chi connectivity index (χ2v) is 4.54. The number of aromatic nitrogens is 2. The summed E-state index contributed by atoms with van der Waals surface area (Å²) in [6.45, 7) is 2.49. The molecule has 22 heavy (non-hydrogen) atoms. The number of hydrogen-bond acceptors (Lipinski definition) is 4. The third-order valence-corrected chi connectivity index (χ3v) is 2.96. The Kier molecular flexibility index (Phi) is 4.73. The molecule has 0 aliphatic rings. The van der Waals surface area contributed by atoms with Crippen molar-refractivity contribution in [3.63, 3.8) is 0 Å². The number of carboxylic acids is 1. The molecule has 0 saturated carbocycles. The highest BCUT2D eigenvalue weighted by Crippen LogP contribution is 2.20. The fourth-order valence-corrected chi connectivity index (χ4v) is 1.94. The van der Waals surface area contributed by atoms with E-state index in [1.807, 2.05) is 31.2 Å². The van der Waals surface area contributed by atoms with Crippen LogP contribution in [0.25, 0.3) is 17.3 Å². The van der Waals surface area contributed by atoms with E-state index >= 15 is 0 Å². The number of nitrogens with zero attached hydrogens (tertiary/aromatic N) is 2. The fourth-order valence-electron chi connectivity index (χ4n) is 1.94. The molecule has 0 amide bonds. The van der Waals surface area contributed by atoms with E-state index in [4.69, 9.17) is 9.84 Å². The van der Waals surface area contributed by atoms with Gasteiger partial charge in [0.2, 0.25) is 0 Å². The molecule has 0 aliphatic heterocycles. The van der Waals surface area contributed by atoms with Crippen molar-refractivity contribution >= 4 is 12.0 Å². The zero-order valence-electron chi connectivity index (χ0n) is 12.3. The topological polar surface area (TPSA) is 81.4 Å². The molecule has 0 saturated heterocycles. The number of carbonyl (C=O) groups is 1. The van der Waals surface area contributed by atoms with Gasteiger partial charge in [-0.1, -0.05) is 0 Å². The second kappa shape index (κ2) is 6.71. The summed E-state index contributed by atoms with van der Waals surface area (Å²) in [6.07, 6.45) is 2.20. The Morgan fingerprint density at radius 3 is 2.64 bits per heavy atom. The zero-order valence-corrected chi connectivity index (χ0v) is 12.3. The maximum atomic E-state index is 11.9. The van der Waals surface area contributed by atoms with E-state index in [0.717, 1.165) is 17.4 Å². The molecule has 0 fully saturated rings. The number of aliphatic carboxylic acids is 1. The van der Waals surface area contributed by atoms with Gasteiger partial charge in [0.25, 0.3) is 5.56 Å². The minimum atomic E-state index is -1.11. The minimum Gasteiger partial charge on any atom is -0.494 e. The van der Waals surface area contributed by atoms with E-state index in [-0.39, 0.29) is 11.1 Å². The summed E-state index contributed by atoms with van der Waals surface area (Å²) in [6, 6.07) is 8.87. The number of aryl methyl sites for hydroxylation is 1. The smallest absolute Gasteiger partial charge is 0.328 e. The van der Waals surface area contributed by atoms with Gasteiger partial charge in [0.05, 0.1) is 12.3 Å². The van der Waals surface area contributed by atoms with Crippen molar-refractivity contribution < 1.29 is 14.6 Å². The number of rotatable bonds is 5. The quantitative estimate of drug-likeness (QED) is 0.853. The van der Waals surface area contributed by atoms with Crippen LogP contribution >= 0.6 is 0 Å². The van der Waals surface area contributed by atoms with Gasteiger partial charge in [-0.15, -0.1) is 0 Å². The van der Waals surface area contributed by atoms with Crippen LogP contribution in [0, 0.1) is 0 Å². The van der Waals surface area contributed by atoms with Crippen molar-refractivity contribution in [1.29, 1.82) is 0 Å². The number of ether oxygens (including phenoxy) is 1. The van der Waals surface area contributed by atoms with E-state index in [2.05, 4.69) is 5.10 Å². The Labute approximate surface area is 127 Å². The first kappa shape index (κ1) is 15.5. The van der Waals surface area contributed by atoms with Gasteiger partial charge in [0.1, 0.15) is 5.75 Å². The van der Waals surface area contributed by atoms with Crippen LogP contribution in [0.2, 0.25) is 0 Å². The van der Waals surface area contributed by atoms with Gasteiger partial charge in [0, 0.05) is 24.3 Å². The average molecular weight is 300 g/mol. The molecule has 114 valence electrons. The van der Waals surface area contributed by atoms with Crippen LogP contribution in [0.5, 0.6) is 5.75 Å². The Bertz CT molecular complexity index is 761. The molecule has 2 rings (SSSR count). The maximum Gasteiger partial charge on any atom is 0.328 e. The van der Waals surface area contributed by atoms with E-state index in [1.54, 1.807) is 6.07 Å². The normalized spacial score (nSPS) is 10.8. The molecule has 1 aromatic carbocycles. The second-order valence-electron chi connectivity index (χ2n) is 4.54. The summed E-state index contributed by atoms with van der Waals surface area (Å²) in [4.78, 5) is 22.5. The van der Waals surface area contributed by atoms with Crippen LogP contribution in [-0.4, -0.2) is 27.5 Å². The SMILES string of the molecule is CCOc1ccc(-c2cc(/C=C/C(=O)O)c(=O)n(C)n2)cc1. The van der Waals surface area contributed by atoms with Crippen LogP contribution in [0.3, 0.4) is 0 Å². The van der Waals surface area contributed by atoms with Gasteiger partial charge < -0.3 is 9.84 Å². The van der Waals surface area contributed by atoms with Gasteiger partial charge in [-0.25, -0.2) is 9.48 Å². The molecule has 0 spiro atoms. The van der Waals surface area contributed by atoms with Crippen molar-refractivity contribution in [3.05, 3.63) is 52.3 Å². The van der Waals surface area contributed by atoms with Gasteiger partial charge in [0.15, 0.2) is 0 Å². The highest BCUT2D eigenvalue weighted by atomic mass is 16.5. The molecule has 0 unspecified atom stereocenters. The van der Waals surface area contributed by atoms with Crippen LogP contribution in [0.4, 0.5) is 0 Å². The third-order valence-electron chi connectivity index (χ3n) is 2.96. The Hall–Kier alpha value is -2.89. The van der Waals surface area contributed by atoms with E-state index in [0.29, 0.717) is 12.3 Å². The summed E-state index contributed by atoms with van der Waals surface area (Å²) in [7, 11) is 1.53. The van der Waals surface area contributed by atoms with E-state index < -0.39 is 5.97 Å². The molecule has 6 heteroatoms. The molecule has 6 nitrogen and oxygen atoms in total. The van der Waals surface area contributed by atoms with Crippen molar-refractivity contribution in [1.82, 2.24) is 9.78 Å².